The number of nitrogens with zero attached hydrogens (tertiary/aromatic N) is 3. The first-order chi connectivity index (χ1) is 11.7. The lowest BCUT2D eigenvalue weighted by Gasteiger charge is -2.21. The Bertz CT molecular complexity index is 632. The Kier molecular flexibility index (Phi) is 5.61. The number of hydrogen-bond donors (Lipinski definition) is 2. The molecule has 0 saturated heterocycles. The minimum Gasteiger partial charge on any atom is -0.481 e. The number of hydrogen-bond acceptors (Lipinski definition) is 5. The smallest absolute Gasteiger partial charge is 0.304 e. The Balaban J connectivity index is 1.59. The third-order valence-electron chi connectivity index (χ3n) is 4.86. The van der Waals surface area contributed by atoms with E-state index in [-0.39, 0.29) is 12.3 Å². The Hall–Kier alpha value is -2.18. The second kappa shape index (κ2) is 8.08. The molecule has 0 bridgehead atoms. The maximum Gasteiger partial charge on any atom is 0.304 e. The summed E-state index contributed by atoms with van der Waals surface area (Å²) in [7, 11) is 0. The number of H-pyrrole nitrogens is 1. The normalized spacial score (nSPS) is 17.0. The van der Waals surface area contributed by atoms with Gasteiger partial charge in [0.15, 0.2) is 0 Å². The molecule has 2 aromatic heterocycles. The molecule has 130 valence electrons. The average molecular weight is 332 g/mol. The first kappa shape index (κ1) is 16.7. The first-order valence-electron chi connectivity index (χ1n) is 8.77. The quantitative estimate of drug-likeness (QED) is 0.762. The molecule has 1 saturated carbocycles. The van der Waals surface area contributed by atoms with Crippen molar-refractivity contribution in [2.45, 2.75) is 63.7 Å². The van der Waals surface area contributed by atoms with Crippen LogP contribution >= 0.6 is 0 Å². The molecule has 1 fully saturated rings. The number of aliphatic carboxylic acids is 1. The van der Waals surface area contributed by atoms with E-state index in [1.807, 2.05) is 0 Å². The van der Waals surface area contributed by atoms with Crippen LogP contribution in [-0.4, -0.2) is 31.4 Å². The number of aromatic nitrogens is 4. The van der Waals surface area contributed by atoms with Gasteiger partial charge >= 0.3 is 5.97 Å². The molecular weight excluding hydrogens is 308 g/mol. The zero-order chi connectivity index (χ0) is 16.8. The molecule has 7 heteroatoms. The molecular formula is C17H24N4O3. The van der Waals surface area contributed by atoms with Crippen molar-refractivity contribution in [3.8, 4) is 11.4 Å². The van der Waals surface area contributed by atoms with Crippen molar-refractivity contribution in [1.82, 2.24) is 20.3 Å². The lowest BCUT2D eigenvalue weighted by Crippen LogP contribution is -2.09. The van der Waals surface area contributed by atoms with Crippen LogP contribution in [0.1, 0.15) is 69.6 Å². The molecule has 0 unspecified atom stereocenters. The van der Waals surface area contributed by atoms with Gasteiger partial charge in [0, 0.05) is 12.1 Å². The lowest BCUT2D eigenvalue weighted by molar-refractivity contribution is -0.137. The Morgan fingerprint density at radius 2 is 2.21 bits per heavy atom. The summed E-state index contributed by atoms with van der Waals surface area (Å²) in [6.45, 7) is 0. The maximum absolute atomic E-state index is 11.2. The van der Waals surface area contributed by atoms with Gasteiger partial charge in [0.2, 0.25) is 11.7 Å². The van der Waals surface area contributed by atoms with Gasteiger partial charge in [-0.15, -0.1) is 0 Å². The number of nitrogens with one attached hydrogen (secondary N) is 1. The summed E-state index contributed by atoms with van der Waals surface area (Å²) in [5, 5.41) is 19.7. The molecule has 2 N–H and O–H groups in total. The van der Waals surface area contributed by atoms with Crippen LogP contribution in [0.5, 0.6) is 0 Å². The minimum atomic E-state index is -0.833. The van der Waals surface area contributed by atoms with Crippen LogP contribution in [-0.2, 0) is 4.79 Å². The van der Waals surface area contributed by atoms with E-state index in [1.54, 1.807) is 12.4 Å². The predicted molar refractivity (Wildman–Crippen MR) is 87.3 cm³/mol. The lowest BCUT2D eigenvalue weighted by atomic mass is 9.84. The molecule has 2 heterocycles. The highest BCUT2D eigenvalue weighted by Gasteiger charge is 2.23. The monoisotopic (exact) mass is 332 g/mol. The summed E-state index contributed by atoms with van der Waals surface area (Å²) in [6, 6.07) is 0. The molecule has 0 aliphatic heterocycles. The number of aromatic amines is 1. The van der Waals surface area contributed by atoms with Crippen LogP contribution in [0.25, 0.3) is 11.4 Å². The number of rotatable bonds is 8. The number of carboxylic acid groups (broad SMARTS) is 1. The van der Waals surface area contributed by atoms with E-state index < -0.39 is 5.97 Å². The van der Waals surface area contributed by atoms with Gasteiger partial charge in [-0.1, -0.05) is 50.1 Å². The van der Waals surface area contributed by atoms with Crippen molar-refractivity contribution in [3.63, 3.8) is 0 Å². The van der Waals surface area contributed by atoms with Gasteiger partial charge < -0.3 is 9.63 Å². The first-order valence-corrected chi connectivity index (χ1v) is 8.77. The largest absolute Gasteiger partial charge is 0.481 e. The minimum absolute atomic E-state index is 0.0255. The van der Waals surface area contributed by atoms with Gasteiger partial charge in [0.05, 0.1) is 18.2 Å². The van der Waals surface area contributed by atoms with Gasteiger partial charge in [-0.2, -0.15) is 10.1 Å². The van der Waals surface area contributed by atoms with Crippen LogP contribution in [0, 0.1) is 5.92 Å². The molecule has 0 amide bonds. The molecule has 0 radical (unpaired) electrons. The third-order valence-corrected chi connectivity index (χ3v) is 4.86. The van der Waals surface area contributed by atoms with Crippen molar-refractivity contribution < 1.29 is 14.4 Å². The van der Waals surface area contributed by atoms with E-state index >= 15 is 0 Å². The maximum atomic E-state index is 11.2. The molecule has 0 aromatic carbocycles. The highest BCUT2D eigenvalue weighted by Crippen LogP contribution is 2.31. The third kappa shape index (κ3) is 4.43. The second-order valence-corrected chi connectivity index (χ2v) is 6.67. The Morgan fingerprint density at radius 3 is 2.92 bits per heavy atom. The summed E-state index contributed by atoms with van der Waals surface area (Å²) in [6.07, 6.45) is 12.9. The molecule has 1 atom stereocenters. The highest BCUT2D eigenvalue weighted by atomic mass is 16.5. The molecule has 0 spiro atoms. The van der Waals surface area contributed by atoms with E-state index in [1.165, 1.54) is 38.5 Å². The van der Waals surface area contributed by atoms with Gasteiger partial charge in [-0.05, 0) is 12.3 Å². The van der Waals surface area contributed by atoms with Crippen molar-refractivity contribution in [2.24, 2.45) is 5.92 Å². The Labute approximate surface area is 140 Å². The summed E-state index contributed by atoms with van der Waals surface area (Å²) < 4.78 is 5.33. The van der Waals surface area contributed by atoms with Crippen LogP contribution in [0.3, 0.4) is 0 Å². The van der Waals surface area contributed by atoms with Crippen molar-refractivity contribution in [1.29, 1.82) is 0 Å². The molecule has 24 heavy (non-hydrogen) atoms. The van der Waals surface area contributed by atoms with Crippen molar-refractivity contribution in [3.05, 3.63) is 18.3 Å². The molecule has 2 aromatic rings. The Morgan fingerprint density at radius 1 is 1.38 bits per heavy atom. The highest BCUT2D eigenvalue weighted by molar-refractivity contribution is 5.67. The van der Waals surface area contributed by atoms with Gasteiger partial charge in [-0.3, -0.25) is 9.89 Å². The molecule has 3 rings (SSSR count). The van der Waals surface area contributed by atoms with E-state index in [9.17, 15) is 9.90 Å². The van der Waals surface area contributed by atoms with E-state index in [2.05, 4.69) is 20.3 Å². The summed E-state index contributed by atoms with van der Waals surface area (Å²) in [4.78, 5) is 15.5. The second-order valence-electron chi connectivity index (χ2n) is 6.67. The summed E-state index contributed by atoms with van der Waals surface area (Å²) in [5.41, 5.74) is 0.737. The molecule has 7 nitrogen and oxygen atoms in total. The fourth-order valence-corrected chi connectivity index (χ4v) is 3.54. The fourth-order valence-electron chi connectivity index (χ4n) is 3.54. The van der Waals surface area contributed by atoms with E-state index in [0.717, 1.165) is 24.3 Å². The average Bonchev–Trinajstić information content (AvgIpc) is 3.26. The van der Waals surface area contributed by atoms with Gasteiger partial charge in [0.25, 0.3) is 0 Å². The van der Waals surface area contributed by atoms with Crippen molar-refractivity contribution in [2.75, 3.05) is 0 Å². The van der Waals surface area contributed by atoms with Crippen LogP contribution < -0.4 is 0 Å². The van der Waals surface area contributed by atoms with Crippen LogP contribution in [0.15, 0.2) is 16.9 Å². The van der Waals surface area contributed by atoms with E-state index in [4.69, 9.17) is 4.52 Å². The summed E-state index contributed by atoms with van der Waals surface area (Å²) >= 11 is 0. The van der Waals surface area contributed by atoms with Crippen molar-refractivity contribution >= 4 is 5.97 Å². The number of carboxylic acids is 1. The zero-order valence-corrected chi connectivity index (χ0v) is 13.8. The summed E-state index contributed by atoms with van der Waals surface area (Å²) in [5.74, 6) is 0.604. The SMILES string of the molecule is O=C(O)C[C@@H](CCCC1CCCCC1)c1nc(-c2cn[nH]c2)no1. The predicted octanol–water partition coefficient (Wildman–Crippen LogP) is 3.77. The number of carbonyl (C=O) groups is 1. The van der Waals surface area contributed by atoms with Gasteiger partial charge in [0.1, 0.15) is 0 Å². The topological polar surface area (TPSA) is 105 Å². The van der Waals surface area contributed by atoms with E-state index in [0.29, 0.717) is 11.7 Å². The molecule has 1 aliphatic carbocycles. The fraction of sp³-hybridized carbons (Fsp3) is 0.647. The van der Waals surface area contributed by atoms with Gasteiger partial charge in [-0.25, -0.2) is 0 Å². The standard InChI is InChI=1S/C17H24N4O3/c22-15(23)9-13(8-4-7-12-5-2-1-3-6-12)17-20-16(21-24-17)14-10-18-19-11-14/h10-13H,1-9H2,(H,18,19)(H,22,23)/t13-/m1/s1. The molecule has 1 aliphatic rings. The zero-order valence-electron chi connectivity index (χ0n) is 13.8. The van der Waals surface area contributed by atoms with Crippen LogP contribution in [0.4, 0.5) is 0 Å². The van der Waals surface area contributed by atoms with Crippen LogP contribution in [0.2, 0.25) is 0 Å².